The van der Waals surface area contributed by atoms with Crippen LogP contribution in [0.1, 0.15) is 5.01 Å². The van der Waals surface area contributed by atoms with Crippen LogP contribution in [0.5, 0.6) is 0 Å². The van der Waals surface area contributed by atoms with E-state index in [9.17, 15) is 4.79 Å². The van der Waals surface area contributed by atoms with Crippen LogP contribution >= 0.6 is 11.3 Å². The molecule has 0 saturated carbocycles. The number of carbonyl (C=O) groups excluding carboxylic acids is 1. The third kappa shape index (κ3) is 2.92. The van der Waals surface area contributed by atoms with Crippen molar-refractivity contribution in [1.29, 1.82) is 0 Å². The molecule has 0 bridgehead atoms. The van der Waals surface area contributed by atoms with Crippen molar-refractivity contribution in [3.63, 3.8) is 0 Å². The van der Waals surface area contributed by atoms with Crippen molar-refractivity contribution in [2.45, 2.75) is 6.92 Å². The van der Waals surface area contributed by atoms with Gasteiger partial charge in [0.2, 0.25) is 11.0 Å². The van der Waals surface area contributed by atoms with Crippen LogP contribution in [-0.4, -0.2) is 60.9 Å². The standard InChI is InChI=1S/C10H16N4O2S/c1-8-11-12-10(17-8)14-5-3-13(4-6-14)9(15)7-16-2/h3-7H2,1-2H3. The van der Waals surface area contributed by atoms with Gasteiger partial charge in [0, 0.05) is 33.3 Å². The largest absolute Gasteiger partial charge is 0.375 e. The van der Waals surface area contributed by atoms with Gasteiger partial charge in [0.25, 0.3) is 0 Å². The lowest BCUT2D eigenvalue weighted by Crippen LogP contribution is -2.49. The third-order valence-corrected chi connectivity index (χ3v) is 3.59. The number of hydrogen-bond donors (Lipinski definition) is 0. The normalized spacial score (nSPS) is 16.4. The van der Waals surface area contributed by atoms with Crippen LogP contribution in [-0.2, 0) is 9.53 Å². The number of carbonyl (C=O) groups is 1. The van der Waals surface area contributed by atoms with Crippen molar-refractivity contribution < 1.29 is 9.53 Å². The van der Waals surface area contributed by atoms with Crippen LogP contribution in [0.25, 0.3) is 0 Å². The second kappa shape index (κ2) is 5.42. The molecule has 0 atom stereocenters. The summed E-state index contributed by atoms with van der Waals surface area (Å²) >= 11 is 1.59. The van der Waals surface area contributed by atoms with E-state index < -0.39 is 0 Å². The van der Waals surface area contributed by atoms with Gasteiger partial charge in [-0.05, 0) is 6.92 Å². The Labute approximate surface area is 104 Å². The summed E-state index contributed by atoms with van der Waals surface area (Å²) in [5.41, 5.74) is 0. The van der Waals surface area contributed by atoms with E-state index in [0.717, 1.165) is 36.3 Å². The van der Waals surface area contributed by atoms with Gasteiger partial charge >= 0.3 is 0 Å². The molecule has 1 saturated heterocycles. The molecule has 1 aliphatic rings. The average molecular weight is 256 g/mol. The van der Waals surface area contributed by atoms with Crippen LogP contribution in [0.2, 0.25) is 0 Å². The van der Waals surface area contributed by atoms with Crippen LogP contribution in [0.3, 0.4) is 0 Å². The smallest absolute Gasteiger partial charge is 0.248 e. The van der Waals surface area contributed by atoms with E-state index in [0.29, 0.717) is 0 Å². The van der Waals surface area contributed by atoms with Gasteiger partial charge in [-0.2, -0.15) is 0 Å². The highest BCUT2D eigenvalue weighted by Crippen LogP contribution is 2.20. The number of piperazine rings is 1. The van der Waals surface area contributed by atoms with Gasteiger partial charge in [-0.15, -0.1) is 10.2 Å². The molecule has 1 fully saturated rings. The molecule has 2 heterocycles. The first-order valence-corrected chi connectivity index (χ1v) is 6.34. The van der Waals surface area contributed by atoms with Crippen molar-refractivity contribution in [2.24, 2.45) is 0 Å². The van der Waals surface area contributed by atoms with Crippen LogP contribution < -0.4 is 4.90 Å². The zero-order chi connectivity index (χ0) is 12.3. The molecule has 1 aliphatic heterocycles. The number of hydrogen-bond acceptors (Lipinski definition) is 6. The fraction of sp³-hybridized carbons (Fsp3) is 0.700. The zero-order valence-electron chi connectivity index (χ0n) is 10.0. The van der Waals surface area contributed by atoms with E-state index in [-0.39, 0.29) is 12.5 Å². The summed E-state index contributed by atoms with van der Waals surface area (Å²) in [7, 11) is 1.54. The van der Waals surface area contributed by atoms with Gasteiger partial charge in [-0.1, -0.05) is 11.3 Å². The summed E-state index contributed by atoms with van der Waals surface area (Å²) < 4.78 is 4.85. The molecule has 17 heavy (non-hydrogen) atoms. The monoisotopic (exact) mass is 256 g/mol. The Morgan fingerprint density at radius 3 is 2.59 bits per heavy atom. The number of amides is 1. The number of ether oxygens (including phenoxy) is 1. The topological polar surface area (TPSA) is 58.6 Å². The Balaban J connectivity index is 1.88. The maximum absolute atomic E-state index is 11.6. The number of rotatable bonds is 3. The van der Waals surface area contributed by atoms with E-state index in [1.807, 2.05) is 11.8 Å². The maximum Gasteiger partial charge on any atom is 0.248 e. The molecule has 2 rings (SSSR count). The number of aromatic nitrogens is 2. The van der Waals surface area contributed by atoms with Gasteiger partial charge in [-0.3, -0.25) is 4.79 Å². The number of methoxy groups -OCH3 is 1. The molecule has 0 aromatic carbocycles. The Hall–Kier alpha value is -1.21. The van der Waals surface area contributed by atoms with E-state index in [1.165, 1.54) is 7.11 Å². The van der Waals surface area contributed by atoms with E-state index in [4.69, 9.17) is 4.74 Å². The Bertz CT molecular complexity index is 387. The predicted molar refractivity (Wildman–Crippen MR) is 65.3 cm³/mol. The number of aryl methyl sites for hydroxylation is 1. The molecule has 0 spiro atoms. The van der Waals surface area contributed by atoms with E-state index >= 15 is 0 Å². The molecular weight excluding hydrogens is 240 g/mol. The van der Waals surface area contributed by atoms with Crippen molar-refractivity contribution in [3.05, 3.63) is 5.01 Å². The molecule has 7 heteroatoms. The van der Waals surface area contributed by atoms with Crippen molar-refractivity contribution in [2.75, 3.05) is 44.8 Å². The van der Waals surface area contributed by atoms with Crippen molar-refractivity contribution >= 4 is 22.4 Å². The minimum Gasteiger partial charge on any atom is -0.375 e. The van der Waals surface area contributed by atoms with Gasteiger partial charge in [0.05, 0.1) is 0 Å². The van der Waals surface area contributed by atoms with Crippen LogP contribution in [0.15, 0.2) is 0 Å². The summed E-state index contributed by atoms with van der Waals surface area (Å²) in [5.74, 6) is 0.0561. The quantitative estimate of drug-likeness (QED) is 0.770. The Kier molecular flexibility index (Phi) is 3.90. The van der Waals surface area contributed by atoms with Gasteiger partial charge < -0.3 is 14.5 Å². The van der Waals surface area contributed by atoms with Crippen molar-refractivity contribution in [1.82, 2.24) is 15.1 Å². The number of nitrogens with zero attached hydrogens (tertiary/aromatic N) is 4. The van der Waals surface area contributed by atoms with Crippen LogP contribution in [0, 0.1) is 6.92 Å². The molecule has 1 aromatic heterocycles. The summed E-state index contributed by atoms with van der Waals surface area (Å²) in [6, 6.07) is 0. The Morgan fingerprint density at radius 2 is 2.06 bits per heavy atom. The summed E-state index contributed by atoms with van der Waals surface area (Å²) in [4.78, 5) is 15.6. The predicted octanol–water partition coefficient (Wildman–Crippen LogP) is 0.142. The summed E-state index contributed by atoms with van der Waals surface area (Å²) in [6.45, 7) is 5.17. The SMILES string of the molecule is COCC(=O)N1CCN(c2nnc(C)s2)CC1. The first kappa shape index (κ1) is 12.3. The molecule has 0 radical (unpaired) electrons. The molecule has 1 aromatic rings. The van der Waals surface area contributed by atoms with Crippen molar-refractivity contribution in [3.8, 4) is 0 Å². The third-order valence-electron chi connectivity index (χ3n) is 2.69. The van der Waals surface area contributed by atoms with Gasteiger partial charge in [0.1, 0.15) is 11.6 Å². The van der Waals surface area contributed by atoms with Gasteiger partial charge in [-0.25, -0.2) is 0 Å². The maximum atomic E-state index is 11.6. The van der Waals surface area contributed by atoms with Gasteiger partial charge in [0.15, 0.2) is 0 Å². The van der Waals surface area contributed by atoms with Crippen LogP contribution in [0.4, 0.5) is 5.13 Å². The lowest BCUT2D eigenvalue weighted by Gasteiger charge is -2.34. The lowest BCUT2D eigenvalue weighted by atomic mass is 10.3. The highest BCUT2D eigenvalue weighted by Gasteiger charge is 2.22. The molecule has 6 nitrogen and oxygen atoms in total. The first-order valence-electron chi connectivity index (χ1n) is 5.52. The minimum absolute atomic E-state index is 0.0561. The highest BCUT2D eigenvalue weighted by molar-refractivity contribution is 7.15. The fourth-order valence-corrected chi connectivity index (χ4v) is 2.52. The molecule has 0 aliphatic carbocycles. The molecular formula is C10H16N4O2S. The average Bonchev–Trinajstić information content (AvgIpc) is 2.76. The zero-order valence-corrected chi connectivity index (χ0v) is 10.9. The fourth-order valence-electron chi connectivity index (χ4n) is 1.78. The molecule has 1 amide bonds. The molecule has 0 N–H and O–H groups in total. The first-order chi connectivity index (χ1) is 8.20. The van der Waals surface area contributed by atoms with E-state index in [1.54, 1.807) is 11.3 Å². The second-order valence-electron chi connectivity index (χ2n) is 3.90. The molecule has 0 unspecified atom stereocenters. The summed E-state index contributed by atoms with van der Waals surface area (Å²) in [6.07, 6.45) is 0. The molecule has 94 valence electrons. The lowest BCUT2D eigenvalue weighted by molar-refractivity contribution is -0.135. The highest BCUT2D eigenvalue weighted by atomic mass is 32.1. The second-order valence-corrected chi connectivity index (χ2v) is 5.06. The number of anilines is 1. The minimum atomic E-state index is 0.0561. The Morgan fingerprint density at radius 1 is 1.35 bits per heavy atom. The van der Waals surface area contributed by atoms with E-state index in [2.05, 4.69) is 15.1 Å². The summed E-state index contributed by atoms with van der Waals surface area (Å²) in [5, 5.41) is 10.0.